The fraction of sp³-hybridized carbons (Fsp3) is 0.348. The molecule has 2 aromatic heterocycles. The Balaban J connectivity index is 0.00000272. The second-order valence-electron chi connectivity index (χ2n) is 7.73. The van der Waals surface area contributed by atoms with Crippen LogP contribution in [0.15, 0.2) is 36.7 Å². The predicted octanol–water partition coefficient (Wildman–Crippen LogP) is 3.22. The van der Waals surface area contributed by atoms with Gasteiger partial charge >= 0.3 is 0 Å². The molecule has 7 nitrogen and oxygen atoms in total. The van der Waals surface area contributed by atoms with Crippen molar-refractivity contribution in [3.63, 3.8) is 0 Å². The van der Waals surface area contributed by atoms with E-state index in [-0.39, 0.29) is 36.2 Å². The maximum Gasteiger partial charge on any atom is 0.255 e. The fourth-order valence-corrected chi connectivity index (χ4v) is 4.18. The second kappa shape index (κ2) is 9.38. The van der Waals surface area contributed by atoms with Gasteiger partial charge in [-0.25, -0.2) is 9.97 Å². The minimum absolute atomic E-state index is 0. The van der Waals surface area contributed by atoms with Gasteiger partial charge < -0.3 is 20.9 Å². The maximum atomic E-state index is 13.5. The van der Waals surface area contributed by atoms with Crippen molar-refractivity contribution in [3.8, 4) is 11.8 Å². The first kappa shape index (κ1) is 22.6. The molecule has 31 heavy (non-hydrogen) atoms. The van der Waals surface area contributed by atoms with Crippen LogP contribution >= 0.6 is 12.4 Å². The Morgan fingerprint density at radius 2 is 2.06 bits per heavy atom. The van der Waals surface area contributed by atoms with Gasteiger partial charge in [0.25, 0.3) is 5.91 Å². The normalized spacial score (nSPS) is 18.7. The van der Waals surface area contributed by atoms with E-state index in [9.17, 15) is 4.79 Å². The minimum atomic E-state index is -0.228. The summed E-state index contributed by atoms with van der Waals surface area (Å²) in [6.45, 7) is 6.66. The Labute approximate surface area is 188 Å². The lowest BCUT2D eigenvalue weighted by atomic mass is 10.1. The molecule has 8 heteroatoms. The van der Waals surface area contributed by atoms with Crippen molar-refractivity contribution in [1.29, 1.82) is 0 Å². The molecule has 0 bridgehead atoms. The Hall–Kier alpha value is -3.08. The van der Waals surface area contributed by atoms with Gasteiger partial charge in [-0.3, -0.25) is 4.79 Å². The zero-order valence-corrected chi connectivity index (χ0v) is 18.7. The van der Waals surface area contributed by atoms with E-state index in [1.54, 1.807) is 6.92 Å². The van der Waals surface area contributed by atoms with Crippen LogP contribution in [0.2, 0.25) is 0 Å². The topological polar surface area (TPSA) is 97.9 Å². The molecule has 0 aliphatic carbocycles. The molecule has 1 fully saturated rings. The number of carbonyl (C=O) groups excluding carboxylic acids is 1. The van der Waals surface area contributed by atoms with Crippen molar-refractivity contribution in [3.05, 3.63) is 53.5 Å². The molecule has 1 aliphatic rings. The van der Waals surface area contributed by atoms with Crippen LogP contribution in [0.25, 0.3) is 11.0 Å². The average Bonchev–Trinajstić information content (AvgIpc) is 3.30. The third kappa shape index (κ3) is 4.22. The van der Waals surface area contributed by atoms with Gasteiger partial charge in [0.05, 0.1) is 23.0 Å². The number of nitrogens with two attached hydrogens (primary N) is 1. The number of amides is 1. The zero-order chi connectivity index (χ0) is 21.3. The van der Waals surface area contributed by atoms with Crippen LogP contribution < -0.4 is 16.4 Å². The molecule has 0 unspecified atom stereocenters. The molecule has 3 aromatic rings. The number of hydrogen-bond donors (Lipinski definition) is 3. The highest BCUT2D eigenvalue weighted by atomic mass is 35.5. The van der Waals surface area contributed by atoms with Crippen LogP contribution in [0.4, 0.5) is 5.82 Å². The number of rotatable bonds is 4. The molecule has 1 aromatic carbocycles. The third-order valence-corrected chi connectivity index (χ3v) is 5.62. The van der Waals surface area contributed by atoms with E-state index in [0.29, 0.717) is 28.3 Å². The molecule has 4 N–H and O–H groups in total. The third-order valence-electron chi connectivity index (χ3n) is 5.62. The van der Waals surface area contributed by atoms with Crippen molar-refractivity contribution < 1.29 is 4.79 Å². The predicted molar refractivity (Wildman–Crippen MR) is 125 cm³/mol. The van der Waals surface area contributed by atoms with Gasteiger partial charge in [-0.2, -0.15) is 0 Å². The monoisotopic (exact) mass is 438 g/mol. The van der Waals surface area contributed by atoms with Crippen LogP contribution in [0, 0.1) is 11.8 Å². The van der Waals surface area contributed by atoms with E-state index in [1.165, 1.54) is 6.33 Å². The summed E-state index contributed by atoms with van der Waals surface area (Å²) in [5.41, 5.74) is 8.99. The zero-order valence-electron chi connectivity index (χ0n) is 17.8. The van der Waals surface area contributed by atoms with Gasteiger partial charge in [0.2, 0.25) is 0 Å². The molecule has 1 saturated heterocycles. The van der Waals surface area contributed by atoms with Gasteiger partial charge in [-0.15, -0.1) is 12.4 Å². The molecule has 0 radical (unpaired) electrons. The lowest BCUT2D eigenvalue weighted by Gasteiger charge is -2.16. The Kier molecular flexibility index (Phi) is 6.84. The SMILES string of the molecule is CC#Cc1c(C(=O)N[C@H](C)c2ccccc2)c2c(N)ncnc2n1[C@H]1CN[C@@H](C)C1.Cl. The number of anilines is 1. The number of carbonyl (C=O) groups is 1. The smallest absolute Gasteiger partial charge is 0.255 e. The average molecular weight is 439 g/mol. The largest absolute Gasteiger partial charge is 0.383 e. The minimum Gasteiger partial charge on any atom is -0.383 e. The number of aromatic nitrogens is 3. The quantitative estimate of drug-likeness (QED) is 0.543. The summed E-state index contributed by atoms with van der Waals surface area (Å²) >= 11 is 0. The number of benzene rings is 1. The summed E-state index contributed by atoms with van der Waals surface area (Å²) in [6, 6.07) is 10.2. The van der Waals surface area contributed by atoms with Crippen LogP contribution in [-0.2, 0) is 0 Å². The van der Waals surface area contributed by atoms with E-state index in [2.05, 4.69) is 43.9 Å². The highest BCUT2D eigenvalue weighted by molar-refractivity contribution is 6.11. The standard InChI is InChI=1S/C23H26N6O.ClH/c1-4-8-18-19(23(30)28-15(3)16-9-6-5-7-10-16)20-21(24)26-13-27-22(20)29(18)17-11-14(2)25-12-17;/h5-7,9-10,13-15,17,25H,11-12H2,1-3H3,(H,28,30)(H2,24,26,27);1H/t14-,15+,17+;/m0./s1. The van der Waals surface area contributed by atoms with Crippen molar-refractivity contribution in [2.45, 2.75) is 45.3 Å². The number of nitrogen functional groups attached to an aromatic ring is 1. The number of nitrogens with zero attached hydrogens (tertiary/aromatic N) is 3. The highest BCUT2D eigenvalue weighted by Gasteiger charge is 2.31. The molecule has 3 atom stereocenters. The van der Waals surface area contributed by atoms with E-state index in [0.717, 1.165) is 18.5 Å². The molecule has 4 rings (SSSR count). The van der Waals surface area contributed by atoms with Crippen LogP contribution in [0.5, 0.6) is 0 Å². The summed E-state index contributed by atoms with van der Waals surface area (Å²) < 4.78 is 2.06. The molecule has 0 spiro atoms. The van der Waals surface area contributed by atoms with Gasteiger partial charge in [0.1, 0.15) is 23.5 Å². The summed E-state index contributed by atoms with van der Waals surface area (Å²) in [7, 11) is 0. The first-order valence-corrected chi connectivity index (χ1v) is 10.2. The van der Waals surface area contributed by atoms with E-state index >= 15 is 0 Å². The first-order chi connectivity index (χ1) is 14.5. The maximum absolute atomic E-state index is 13.5. The van der Waals surface area contributed by atoms with Gasteiger partial charge in [-0.05, 0) is 38.7 Å². The number of fused-ring (bicyclic) bond motifs is 1. The molecule has 162 valence electrons. The van der Waals surface area contributed by atoms with Crippen molar-refractivity contribution in [1.82, 2.24) is 25.2 Å². The van der Waals surface area contributed by atoms with E-state index in [1.807, 2.05) is 37.3 Å². The van der Waals surface area contributed by atoms with Crippen molar-refractivity contribution >= 4 is 35.2 Å². The number of hydrogen-bond acceptors (Lipinski definition) is 5. The summed E-state index contributed by atoms with van der Waals surface area (Å²) in [5, 5.41) is 7.12. The lowest BCUT2D eigenvalue weighted by Crippen LogP contribution is -2.27. The van der Waals surface area contributed by atoms with Crippen LogP contribution in [-0.4, -0.2) is 33.0 Å². The van der Waals surface area contributed by atoms with E-state index < -0.39 is 0 Å². The van der Waals surface area contributed by atoms with Gasteiger partial charge in [0, 0.05) is 12.6 Å². The van der Waals surface area contributed by atoms with Crippen molar-refractivity contribution in [2.24, 2.45) is 0 Å². The number of nitrogens with one attached hydrogen (secondary N) is 2. The summed E-state index contributed by atoms with van der Waals surface area (Å²) in [5.74, 6) is 6.17. The summed E-state index contributed by atoms with van der Waals surface area (Å²) in [4.78, 5) is 22.1. The number of halogens is 1. The van der Waals surface area contributed by atoms with Crippen LogP contribution in [0.1, 0.15) is 60.9 Å². The molecular weight excluding hydrogens is 412 g/mol. The fourth-order valence-electron chi connectivity index (χ4n) is 4.18. The van der Waals surface area contributed by atoms with Gasteiger partial charge in [-0.1, -0.05) is 36.3 Å². The Morgan fingerprint density at radius 1 is 1.32 bits per heavy atom. The summed E-state index contributed by atoms with van der Waals surface area (Å²) in [6.07, 6.45) is 2.37. The molecular formula is C23H27ClN6O. The van der Waals surface area contributed by atoms with Crippen molar-refractivity contribution in [2.75, 3.05) is 12.3 Å². The molecule has 1 amide bonds. The molecule has 1 aliphatic heterocycles. The Morgan fingerprint density at radius 3 is 2.71 bits per heavy atom. The lowest BCUT2D eigenvalue weighted by molar-refractivity contribution is 0.0941. The first-order valence-electron chi connectivity index (χ1n) is 10.2. The second-order valence-corrected chi connectivity index (χ2v) is 7.73. The Bertz CT molecular complexity index is 1150. The van der Waals surface area contributed by atoms with E-state index in [4.69, 9.17) is 5.73 Å². The highest BCUT2D eigenvalue weighted by Crippen LogP contribution is 2.34. The molecule has 0 saturated carbocycles. The molecule has 3 heterocycles. The van der Waals surface area contributed by atoms with Crippen LogP contribution in [0.3, 0.4) is 0 Å². The van der Waals surface area contributed by atoms with Gasteiger partial charge in [0.15, 0.2) is 0 Å².